The summed E-state index contributed by atoms with van der Waals surface area (Å²) in [6, 6.07) is 9.85. The van der Waals surface area contributed by atoms with Gasteiger partial charge in [0, 0.05) is 22.5 Å². The summed E-state index contributed by atoms with van der Waals surface area (Å²) < 4.78 is 45.4. The van der Waals surface area contributed by atoms with Gasteiger partial charge in [0.2, 0.25) is 5.95 Å². The van der Waals surface area contributed by atoms with Crippen molar-refractivity contribution < 1.29 is 17.6 Å². The van der Waals surface area contributed by atoms with Gasteiger partial charge in [-0.05, 0) is 37.3 Å². The molecule has 4 aromatic rings. The van der Waals surface area contributed by atoms with E-state index in [1.54, 1.807) is 31.2 Å². The Morgan fingerprint density at radius 2 is 1.93 bits per heavy atom. The third-order valence-corrected chi connectivity index (χ3v) is 4.37. The normalized spacial score (nSPS) is 11.6. The Balaban J connectivity index is 1.67. The molecule has 0 atom stereocenters. The van der Waals surface area contributed by atoms with Crippen LogP contribution in [-0.4, -0.2) is 14.6 Å². The Bertz CT molecular complexity index is 1300. The number of para-hydroxylation sites is 2. The molecule has 4 rings (SSSR count). The zero-order chi connectivity index (χ0) is 21.5. The zero-order valence-electron chi connectivity index (χ0n) is 15.3. The van der Waals surface area contributed by atoms with E-state index in [2.05, 4.69) is 20.7 Å². The van der Waals surface area contributed by atoms with Crippen molar-refractivity contribution in [3.63, 3.8) is 0 Å². The van der Waals surface area contributed by atoms with E-state index in [0.29, 0.717) is 16.7 Å². The van der Waals surface area contributed by atoms with E-state index in [-0.39, 0.29) is 22.5 Å². The Morgan fingerprint density at radius 1 is 1.17 bits per heavy atom. The van der Waals surface area contributed by atoms with Crippen molar-refractivity contribution in [2.75, 3.05) is 10.7 Å². The highest BCUT2D eigenvalue weighted by atomic mass is 35.5. The van der Waals surface area contributed by atoms with Crippen LogP contribution in [0.2, 0.25) is 5.02 Å². The van der Waals surface area contributed by atoms with Gasteiger partial charge in [-0.1, -0.05) is 23.7 Å². The lowest BCUT2D eigenvalue weighted by molar-refractivity contribution is -0.137. The second-order valence-corrected chi connectivity index (χ2v) is 6.80. The zero-order valence-corrected chi connectivity index (χ0v) is 16.0. The third-order valence-electron chi connectivity index (χ3n) is 4.16. The van der Waals surface area contributed by atoms with Gasteiger partial charge in [0.15, 0.2) is 11.4 Å². The molecule has 0 fully saturated rings. The van der Waals surface area contributed by atoms with Crippen molar-refractivity contribution in [1.29, 1.82) is 0 Å². The van der Waals surface area contributed by atoms with Gasteiger partial charge in [0.05, 0.1) is 5.56 Å². The first kappa shape index (κ1) is 19.8. The summed E-state index contributed by atoms with van der Waals surface area (Å²) in [5.41, 5.74) is 3.50. The Kier molecular flexibility index (Phi) is 4.86. The van der Waals surface area contributed by atoms with Crippen LogP contribution in [0.25, 0.3) is 11.1 Å². The van der Waals surface area contributed by atoms with Crippen LogP contribution >= 0.6 is 11.6 Å². The molecule has 7 nitrogen and oxygen atoms in total. The third kappa shape index (κ3) is 3.94. The average molecular weight is 436 g/mol. The van der Waals surface area contributed by atoms with Crippen molar-refractivity contribution in [3.8, 4) is 0 Å². The van der Waals surface area contributed by atoms with Gasteiger partial charge in [-0.25, -0.2) is 9.78 Å². The molecule has 2 aromatic heterocycles. The molecule has 0 radical (unpaired) electrons. The number of anilines is 3. The molecule has 11 heteroatoms. The van der Waals surface area contributed by atoms with Crippen LogP contribution in [-0.2, 0) is 6.18 Å². The minimum Gasteiger partial charge on any atom is -0.406 e. The van der Waals surface area contributed by atoms with E-state index in [1.807, 2.05) is 0 Å². The van der Waals surface area contributed by atoms with Crippen molar-refractivity contribution in [3.05, 3.63) is 75.4 Å². The minimum atomic E-state index is -4.55. The number of aromatic nitrogens is 3. The van der Waals surface area contributed by atoms with E-state index in [1.165, 1.54) is 16.9 Å². The van der Waals surface area contributed by atoms with Crippen LogP contribution in [0.3, 0.4) is 0 Å². The predicted octanol–water partition coefficient (Wildman–Crippen LogP) is 4.98. The Labute approximate surface area is 172 Å². The summed E-state index contributed by atoms with van der Waals surface area (Å²) in [6.07, 6.45) is -3.09. The molecule has 0 aliphatic heterocycles. The number of rotatable bonds is 4. The summed E-state index contributed by atoms with van der Waals surface area (Å²) in [5.74, 6) is -0.369. The summed E-state index contributed by atoms with van der Waals surface area (Å²) in [4.78, 5) is 20.5. The van der Waals surface area contributed by atoms with Crippen LogP contribution in [0.15, 0.2) is 57.9 Å². The molecule has 0 amide bonds. The molecule has 30 heavy (non-hydrogen) atoms. The van der Waals surface area contributed by atoms with Crippen molar-refractivity contribution >= 4 is 40.2 Å². The number of hydrogen-bond acceptors (Lipinski definition) is 6. The number of halogens is 4. The minimum absolute atomic E-state index is 0.0133. The molecule has 2 N–H and O–H groups in total. The second-order valence-electron chi connectivity index (χ2n) is 6.36. The van der Waals surface area contributed by atoms with E-state index < -0.39 is 17.5 Å². The molecule has 0 unspecified atom stereocenters. The first-order valence-corrected chi connectivity index (χ1v) is 8.94. The van der Waals surface area contributed by atoms with Gasteiger partial charge in [0.25, 0.3) is 0 Å². The highest BCUT2D eigenvalue weighted by molar-refractivity contribution is 6.31. The fraction of sp³-hybridized carbons (Fsp3) is 0.105. The molecule has 154 valence electrons. The van der Waals surface area contributed by atoms with E-state index >= 15 is 0 Å². The van der Waals surface area contributed by atoms with Gasteiger partial charge in [-0.15, -0.1) is 0 Å². The van der Waals surface area contributed by atoms with Crippen LogP contribution in [0.4, 0.5) is 30.6 Å². The van der Waals surface area contributed by atoms with E-state index in [9.17, 15) is 18.0 Å². The second kappa shape index (κ2) is 7.38. The number of fused-ring (bicyclic) bond motifs is 1. The van der Waals surface area contributed by atoms with Gasteiger partial charge < -0.3 is 9.73 Å². The number of alkyl halides is 3. The largest absolute Gasteiger partial charge is 0.439 e. The number of oxazole rings is 1. The average Bonchev–Trinajstić information content (AvgIpc) is 2.99. The number of benzene rings is 2. The van der Waals surface area contributed by atoms with E-state index in [0.717, 1.165) is 12.1 Å². The SMILES string of the molecule is Cc1cnc(Nc2cc(Cl)cc(C(F)(F)F)c2)nc1Nn1c(=O)oc2ccccc21. The fourth-order valence-corrected chi connectivity index (χ4v) is 2.98. The van der Waals surface area contributed by atoms with Crippen LogP contribution in [0, 0.1) is 6.92 Å². The van der Waals surface area contributed by atoms with Gasteiger partial charge >= 0.3 is 11.9 Å². The maximum atomic E-state index is 13.0. The molecule has 0 aliphatic rings. The molecule has 2 aromatic carbocycles. The topological polar surface area (TPSA) is 85.0 Å². The summed E-state index contributed by atoms with van der Waals surface area (Å²) in [5, 5.41) is 2.61. The lowest BCUT2D eigenvalue weighted by atomic mass is 10.2. The summed E-state index contributed by atoms with van der Waals surface area (Å²) in [7, 11) is 0. The molecular formula is C19H13ClF3N5O2. The van der Waals surface area contributed by atoms with Crippen molar-refractivity contribution in [2.24, 2.45) is 0 Å². The molecule has 0 saturated carbocycles. The molecule has 0 spiro atoms. The molecule has 0 aliphatic carbocycles. The maximum absolute atomic E-state index is 13.0. The Hall–Kier alpha value is -3.53. The smallest absolute Gasteiger partial charge is 0.406 e. The quantitative estimate of drug-likeness (QED) is 0.470. The molecule has 0 saturated heterocycles. The Morgan fingerprint density at radius 3 is 2.70 bits per heavy atom. The number of hydrogen-bond donors (Lipinski definition) is 2. The predicted molar refractivity (Wildman–Crippen MR) is 106 cm³/mol. The number of nitrogens with one attached hydrogen (secondary N) is 2. The monoisotopic (exact) mass is 435 g/mol. The standard InChI is InChI=1S/C19H13ClF3N5O2/c1-10-9-24-17(25-13-7-11(19(21,22)23)6-12(20)8-13)26-16(10)27-28-14-4-2-3-5-15(14)30-18(28)29/h2-9H,1H3,(H2,24,25,26,27). The highest BCUT2D eigenvalue weighted by Crippen LogP contribution is 2.34. The molecular weight excluding hydrogens is 423 g/mol. The van der Waals surface area contributed by atoms with Gasteiger partial charge in [-0.3, -0.25) is 5.43 Å². The number of aryl methyl sites for hydroxylation is 1. The maximum Gasteiger partial charge on any atom is 0.439 e. The molecule has 0 bridgehead atoms. The van der Waals surface area contributed by atoms with Gasteiger partial charge in [0.1, 0.15) is 5.52 Å². The van der Waals surface area contributed by atoms with Crippen LogP contribution in [0.5, 0.6) is 0 Å². The highest BCUT2D eigenvalue weighted by Gasteiger charge is 2.31. The van der Waals surface area contributed by atoms with Crippen molar-refractivity contribution in [2.45, 2.75) is 13.1 Å². The lowest BCUT2D eigenvalue weighted by Gasteiger charge is -2.13. The first-order valence-electron chi connectivity index (χ1n) is 8.57. The summed E-state index contributed by atoms with van der Waals surface area (Å²) >= 11 is 5.80. The fourth-order valence-electron chi connectivity index (χ4n) is 2.75. The lowest BCUT2D eigenvalue weighted by Crippen LogP contribution is -2.23. The van der Waals surface area contributed by atoms with Crippen molar-refractivity contribution in [1.82, 2.24) is 14.6 Å². The van der Waals surface area contributed by atoms with Gasteiger partial charge in [-0.2, -0.15) is 22.8 Å². The first-order chi connectivity index (χ1) is 14.2. The van der Waals surface area contributed by atoms with Crippen LogP contribution < -0.4 is 16.5 Å². The molecule has 2 heterocycles. The summed E-state index contributed by atoms with van der Waals surface area (Å²) in [6.45, 7) is 1.71. The van der Waals surface area contributed by atoms with E-state index in [4.69, 9.17) is 16.0 Å². The van der Waals surface area contributed by atoms with Crippen LogP contribution in [0.1, 0.15) is 11.1 Å². The number of nitrogens with zero attached hydrogens (tertiary/aromatic N) is 3.